The molecule has 4 N–H and O–H groups in total. The van der Waals surface area contributed by atoms with Gasteiger partial charge in [-0.2, -0.15) is 0 Å². The van der Waals surface area contributed by atoms with Gasteiger partial charge in [0, 0.05) is 11.4 Å². The molecule has 0 aliphatic heterocycles. The van der Waals surface area contributed by atoms with Gasteiger partial charge in [0.05, 0.1) is 24.3 Å². The van der Waals surface area contributed by atoms with Crippen LogP contribution in [0.1, 0.15) is 66.7 Å². The number of carbonyl (C=O) groups excluding carboxylic acids is 4. The molecule has 1 aliphatic carbocycles. The number of ether oxygens (including phenoxy) is 2. The third-order valence-corrected chi connectivity index (χ3v) is 6.29. The van der Waals surface area contributed by atoms with Crippen molar-refractivity contribution in [3.63, 3.8) is 0 Å². The Bertz CT molecular complexity index is 1490. The Morgan fingerprint density at radius 1 is 0.658 bits per heavy atom. The minimum absolute atomic E-state index is 0.0251. The van der Waals surface area contributed by atoms with Crippen LogP contribution in [0.25, 0.3) is 11.4 Å². The number of para-hydroxylation sites is 2. The van der Waals surface area contributed by atoms with Gasteiger partial charge in [-0.05, 0) is 38.1 Å². The number of fused-ring (bicyclic) bond motifs is 2. The first kappa shape index (κ1) is 24.6. The molecule has 0 amide bonds. The van der Waals surface area contributed by atoms with E-state index in [1.807, 2.05) is 0 Å². The van der Waals surface area contributed by atoms with Gasteiger partial charge in [-0.15, -0.1) is 0 Å². The van der Waals surface area contributed by atoms with Gasteiger partial charge in [0.2, 0.25) is 11.6 Å². The Morgan fingerprint density at radius 3 is 1.32 bits per heavy atom. The van der Waals surface area contributed by atoms with E-state index in [2.05, 4.69) is 0 Å². The number of rotatable bonds is 6. The molecule has 0 atom stereocenters. The predicted molar refractivity (Wildman–Crippen MR) is 139 cm³/mol. The molecule has 2 heterocycles. The van der Waals surface area contributed by atoms with Gasteiger partial charge in [-0.3, -0.25) is 18.7 Å². The second-order valence-electron chi connectivity index (χ2n) is 8.41. The summed E-state index contributed by atoms with van der Waals surface area (Å²) < 4.78 is 13.1. The third-order valence-electron chi connectivity index (χ3n) is 6.29. The first-order chi connectivity index (χ1) is 18.3. The molecule has 0 saturated heterocycles. The van der Waals surface area contributed by atoms with Gasteiger partial charge in [-0.25, -0.2) is 9.59 Å². The monoisotopic (exact) mass is 512 g/mol. The smallest absolute Gasteiger partial charge is 0.342 e. The first-order valence-electron chi connectivity index (χ1n) is 12.0. The molecule has 10 heteroatoms. The number of nitrogen functional groups attached to an aromatic ring is 2. The Balaban J connectivity index is 1.90. The molecule has 0 saturated carbocycles. The number of carbonyl (C=O) groups is 4. The number of esters is 2. The summed E-state index contributed by atoms with van der Waals surface area (Å²) in [7, 11) is 0. The van der Waals surface area contributed by atoms with Crippen LogP contribution in [0.5, 0.6) is 0 Å². The zero-order valence-electron chi connectivity index (χ0n) is 20.7. The van der Waals surface area contributed by atoms with Gasteiger partial charge >= 0.3 is 11.9 Å². The summed E-state index contributed by atoms with van der Waals surface area (Å²) in [6, 6.07) is 17.1. The van der Waals surface area contributed by atoms with E-state index in [1.165, 1.54) is 9.13 Å². The second kappa shape index (κ2) is 9.40. The van der Waals surface area contributed by atoms with Crippen molar-refractivity contribution >= 4 is 35.1 Å². The molecule has 192 valence electrons. The van der Waals surface area contributed by atoms with Crippen LogP contribution >= 0.6 is 0 Å². The molecule has 1 aliphatic rings. The first-order valence-corrected chi connectivity index (χ1v) is 12.0. The van der Waals surface area contributed by atoms with E-state index in [1.54, 1.807) is 74.5 Å². The summed E-state index contributed by atoms with van der Waals surface area (Å²) in [5, 5.41) is 0. The van der Waals surface area contributed by atoms with Gasteiger partial charge in [-0.1, -0.05) is 36.4 Å². The molecule has 5 rings (SSSR count). The van der Waals surface area contributed by atoms with E-state index in [0.717, 1.165) is 0 Å². The molecule has 0 bridgehead atoms. The lowest BCUT2D eigenvalue weighted by Gasteiger charge is -2.18. The van der Waals surface area contributed by atoms with Crippen LogP contribution in [-0.2, 0) is 9.47 Å². The second-order valence-corrected chi connectivity index (χ2v) is 8.41. The highest BCUT2D eigenvalue weighted by Gasteiger charge is 2.46. The molecule has 0 radical (unpaired) electrons. The molecule has 10 nitrogen and oxygen atoms in total. The highest BCUT2D eigenvalue weighted by molar-refractivity contribution is 6.34. The van der Waals surface area contributed by atoms with Crippen LogP contribution in [-0.4, -0.2) is 45.9 Å². The zero-order valence-corrected chi connectivity index (χ0v) is 20.7. The van der Waals surface area contributed by atoms with Crippen molar-refractivity contribution in [2.75, 3.05) is 24.7 Å². The molecular weight excluding hydrogens is 488 g/mol. The SMILES string of the molecule is CCOC(=O)c1c2c(n(-c3ccccc3)c1N)C(=O)c1c(C(=O)OCC)c(N)n(-c3ccccc3)c1C2=O. The van der Waals surface area contributed by atoms with Crippen LogP contribution in [0.15, 0.2) is 60.7 Å². The van der Waals surface area contributed by atoms with E-state index >= 15 is 0 Å². The molecular formula is C28H24N4O6. The van der Waals surface area contributed by atoms with E-state index in [0.29, 0.717) is 11.4 Å². The standard InChI is InChI=1S/C28H24N4O6/c1-3-37-27(35)19-17-21(31(25(19)29)15-11-7-5-8-12-15)24(34)18-20(28(36)38-4-2)26(30)32(22(18)23(17)33)16-13-9-6-10-14-16/h5-14H,3-4,29-30H2,1-2H3. The molecule has 4 aromatic rings. The Morgan fingerprint density at radius 2 is 1.00 bits per heavy atom. The summed E-state index contributed by atoms with van der Waals surface area (Å²) in [5.74, 6) is -3.38. The minimum atomic E-state index is -0.850. The molecule has 0 spiro atoms. The number of ketones is 2. The summed E-state index contributed by atoms with van der Waals surface area (Å²) in [6.45, 7) is 3.29. The maximum atomic E-state index is 14.3. The van der Waals surface area contributed by atoms with Gasteiger partial charge in [0.15, 0.2) is 0 Å². The molecule has 2 aromatic carbocycles. The Labute approximate surface area is 217 Å². The van der Waals surface area contributed by atoms with Crippen LogP contribution in [0, 0.1) is 0 Å². The lowest BCUT2D eigenvalue weighted by Crippen LogP contribution is -2.26. The van der Waals surface area contributed by atoms with Crippen molar-refractivity contribution < 1.29 is 28.7 Å². The third kappa shape index (κ3) is 3.49. The van der Waals surface area contributed by atoms with E-state index < -0.39 is 23.5 Å². The van der Waals surface area contributed by atoms with Crippen molar-refractivity contribution in [1.29, 1.82) is 0 Å². The van der Waals surface area contributed by atoms with Crippen LogP contribution in [0.2, 0.25) is 0 Å². The Hall–Kier alpha value is -5.12. The van der Waals surface area contributed by atoms with Crippen molar-refractivity contribution in [1.82, 2.24) is 9.13 Å². The lowest BCUT2D eigenvalue weighted by molar-refractivity contribution is 0.0515. The molecule has 38 heavy (non-hydrogen) atoms. The maximum Gasteiger partial charge on any atom is 0.342 e. The van der Waals surface area contributed by atoms with E-state index in [-0.39, 0.29) is 58.5 Å². The molecule has 2 aromatic heterocycles. The maximum absolute atomic E-state index is 14.3. The van der Waals surface area contributed by atoms with E-state index in [4.69, 9.17) is 20.9 Å². The number of hydrogen-bond acceptors (Lipinski definition) is 8. The van der Waals surface area contributed by atoms with Crippen LogP contribution < -0.4 is 11.5 Å². The minimum Gasteiger partial charge on any atom is -0.462 e. The van der Waals surface area contributed by atoms with Gasteiger partial charge in [0.25, 0.3) is 0 Å². The summed E-state index contributed by atoms with van der Waals surface area (Å²) in [5.41, 5.74) is 12.5. The summed E-state index contributed by atoms with van der Waals surface area (Å²) >= 11 is 0. The van der Waals surface area contributed by atoms with Crippen molar-refractivity contribution in [3.05, 3.63) is 94.3 Å². The summed E-state index contributed by atoms with van der Waals surface area (Å²) in [6.07, 6.45) is 0. The number of aromatic nitrogens is 2. The highest BCUT2D eigenvalue weighted by atomic mass is 16.5. The number of nitrogens with two attached hydrogens (primary N) is 2. The quantitative estimate of drug-likeness (QED) is 0.328. The largest absolute Gasteiger partial charge is 0.462 e. The average molecular weight is 513 g/mol. The van der Waals surface area contributed by atoms with Gasteiger partial charge < -0.3 is 20.9 Å². The van der Waals surface area contributed by atoms with Crippen LogP contribution in [0.4, 0.5) is 11.6 Å². The van der Waals surface area contributed by atoms with Crippen molar-refractivity contribution in [3.8, 4) is 11.4 Å². The number of anilines is 2. The highest BCUT2D eigenvalue weighted by Crippen LogP contribution is 2.42. The topological polar surface area (TPSA) is 149 Å². The average Bonchev–Trinajstić information content (AvgIpc) is 3.40. The fraction of sp³-hybridized carbons (Fsp3) is 0.143. The zero-order chi connectivity index (χ0) is 27.1. The lowest BCUT2D eigenvalue weighted by atomic mass is 9.88. The predicted octanol–water partition coefficient (Wildman–Crippen LogP) is 3.56. The van der Waals surface area contributed by atoms with E-state index in [9.17, 15) is 19.2 Å². The van der Waals surface area contributed by atoms with Crippen molar-refractivity contribution in [2.45, 2.75) is 13.8 Å². The van der Waals surface area contributed by atoms with Crippen LogP contribution in [0.3, 0.4) is 0 Å². The summed E-state index contributed by atoms with van der Waals surface area (Å²) in [4.78, 5) is 54.7. The molecule has 0 fully saturated rings. The van der Waals surface area contributed by atoms with Crippen molar-refractivity contribution in [2.24, 2.45) is 0 Å². The fourth-order valence-electron chi connectivity index (χ4n) is 4.80. The number of hydrogen-bond donors (Lipinski definition) is 2. The normalized spacial score (nSPS) is 12.2. The van der Waals surface area contributed by atoms with Gasteiger partial charge in [0.1, 0.15) is 34.2 Å². The fourth-order valence-corrected chi connectivity index (χ4v) is 4.80. The Kier molecular flexibility index (Phi) is 6.08. The number of benzene rings is 2. The number of nitrogens with zero attached hydrogens (tertiary/aromatic N) is 2. The molecule has 0 unspecified atom stereocenters.